The summed E-state index contributed by atoms with van der Waals surface area (Å²) in [7, 11) is 0. The summed E-state index contributed by atoms with van der Waals surface area (Å²) in [5.41, 5.74) is 0.163. The third-order valence-electron chi connectivity index (χ3n) is 3.35. The van der Waals surface area contributed by atoms with Gasteiger partial charge in [0.05, 0.1) is 6.61 Å². The van der Waals surface area contributed by atoms with Crippen molar-refractivity contribution in [2.24, 2.45) is 5.41 Å². The molecule has 0 unspecified atom stereocenters. The van der Waals surface area contributed by atoms with Crippen molar-refractivity contribution in [3.63, 3.8) is 0 Å². The fraction of sp³-hybridized carbons (Fsp3) is 1.00. The Morgan fingerprint density at radius 1 is 1.12 bits per heavy atom. The van der Waals surface area contributed by atoms with Gasteiger partial charge in [-0.3, -0.25) is 0 Å². The van der Waals surface area contributed by atoms with E-state index in [1.807, 2.05) is 0 Å². The van der Waals surface area contributed by atoms with Gasteiger partial charge < -0.3 is 4.74 Å². The van der Waals surface area contributed by atoms with E-state index in [-0.39, 0.29) is 18.4 Å². The molecule has 102 valence electrons. The van der Waals surface area contributed by atoms with Crippen molar-refractivity contribution in [1.29, 1.82) is 0 Å². The van der Waals surface area contributed by atoms with Gasteiger partial charge in [-0.2, -0.15) is 13.2 Å². The minimum atomic E-state index is -4.05. The van der Waals surface area contributed by atoms with E-state index >= 15 is 0 Å². The molecule has 0 spiro atoms. The van der Waals surface area contributed by atoms with Crippen molar-refractivity contribution in [1.82, 2.24) is 0 Å². The first-order chi connectivity index (χ1) is 7.97. The molecule has 0 aromatic rings. The summed E-state index contributed by atoms with van der Waals surface area (Å²) >= 11 is 3.51. The normalized spacial score (nSPS) is 20.5. The highest BCUT2D eigenvalue weighted by molar-refractivity contribution is 9.09. The van der Waals surface area contributed by atoms with Crippen molar-refractivity contribution in [3.05, 3.63) is 0 Å². The fourth-order valence-electron chi connectivity index (χ4n) is 2.28. The van der Waals surface area contributed by atoms with E-state index in [0.29, 0.717) is 6.61 Å². The molecular weight excluding hydrogens is 297 g/mol. The number of hydrogen-bond acceptors (Lipinski definition) is 1. The highest BCUT2D eigenvalue weighted by atomic mass is 79.9. The first kappa shape index (κ1) is 15.3. The monoisotopic (exact) mass is 316 g/mol. The Kier molecular flexibility index (Phi) is 6.27. The second-order valence-corrected chi connectivity index (χ2v) is 5.53. The van der Waals surface area contributed by atoms with Gasteiger partial charge in [0.15, 0.2) is 0 Å². The smallest absolute Gasteiger partial charge is 0.381 e. The summed E-state index contributed by atoms with van der Waals surface area (Å²) in [4.78, 5) is 0. The van der Waals surface area contributed by atoms with Gasteiger partial charge in [0.2, 0.25) is 0 Å². The molecule has 0 saturated heterocycles. The Balaban J connectivity index is 2.15. The molecule has 0 N–H and O–H groups in total. The summed E-state index contributed by atoms with van der Waals surface area (Å²) in [6.07, 6.45) is 1.20. The van der Waals surface area contributed by atoms with Crippen molar-refractivity contribution in [3.8, 4) is 0 Å². The molecule has 1 aliphatic rings. The first-order valence-corrected chi connectivity index (χ1v) is 7.30. The Labute approximate surface area is 109 Å². The SMILES string of the molecule is FC(F)(F)CCCOCC1(CBr)CCCCC1. The molecule has 5 heteroatoms. The predicted octanol–water partition coefficient (Wildman–Crippen LogP) is 4.69. The second kappa shape index (κ2) is 6.98. The molecule has 0 heterocycles. The van der Waals surface area contributed by atoms with E-state index in [0.717, 1.165) is 18.2 Å². The molecule has 0 aromatic carbocycles. The molecule has 0 radical (unpaired) electrons. The summed E-state index contributed by atoms with van der Waals surface area (Å²) < 4.78 is 41.2. The van der Waals surface area contributed by atoms with Gasteiger partial charge in [-0.05, 0) is 19.3 Å². The number of halogens is 4. The van der Waals surface area contributed by atoms with E-state index in [9.17, 15) is 13.2 Å². The predicted molar refractivity (Wildman–Crippen MR) is 65.4 cm³/mol. The van der Waals surface area contributed by atoms with E-state index in [1.165, 1.54) is 19.3 Å². The van der Waals surface area contributed by atoms with Gasteiger partial charge in [0.25, 0.3) is 0 Å². The van der Waals surface area contributed by atoms with Crippen molar-refractivity contribution in [2.75, 3.05) is 18.5 Å². The number of alkyl halides is 4. The van der Waals surface area contributed by atoms with Crippen LogP contribution in [0.1, 0.15) is 44.9 Å². The van der Waals surface area contributed by atoms with Gasteiger partial charge in [0.1, 0.15) is 0 Å². The topological polar surface area (TPSA) is 9.23 Å². The Hall–Kier alpha value is 0.230. The maximum atomic E-state index is 11.9. The molecule has 0 atom stereocenters. The molecule has 0 amide bonds. The van der Waals surface area contributed by atoms with Crippen LogP contribution in [-0.2, 0) is 4.74 Å². The van der Waals surface area contributed by atoms with E-state index in [2.05, 4.69) is 15.9 Å². The zero-order valence-corrected chi connectivity index (χ0v) is 11.6. The maximum absolute atomic E-state index is 11.9. The van der Waals surface area contributed by atoms with Crippen LogP contribution < -0.4 is 0 Å². The molecule has 1 rings (SSSR count). The third-order valence-corrected chi connectivity index (χ3v) is 4.54. The van der Waals surface area contributed by atoms with Crippen molar-refractivity contribution < 1.29 is 17.9 Å². The van der Waals surface area contributed by atoms with E-state index in [1.54, 1.807) is 0 Å². The highest BCUT2D eigenvalue weighted by Crippen LogP contribution is 2.38. The van der Waals surface area contributed by atoms with Gasteiger partial charge in [-0.15, -0.1) is 0 Å². The molecule has 0 bridgehead atoms. The van der Waals surface area contributed by atoms with Crippen LogP contribution in [0.3, 0.4) is 0 Å². The molecule has 1 saturated carbocycles. The fourth-order valence-corrected chi connectivity index (χ4v) is 3.00. The summed E-state index contributed by atoms with van der Waals surface area (Å²) in [6.45, 7) is 0.810. The van der Waals surface area contributed by atoms with Crippen LogP contribution in [0, 0.1) is 5.41 Å². The number of hydrogen-bond donors (Lipinski definition) is 0. The zero-order valence-electron chi connectivity index (χ0n) is 9.99. The molecule has 0 aromatic heterocycles. The van der Waals surface area contributed by atoms with Crippen LogP contribution >= 0.6 is 15.9 Å². The maximum Gasteiger partial charge on any atom is 0.389 e. The average Bonchev–Trinajstić information content (AvgIpc) is 2.28. The lowest BCUT2D eigenvalue weighted by Crippen LogP contribution is -2.31. The summed E-state index contributed by atoms with van der Waals surface area (Å²) in [6, 6.07) is 0. The second-order valence-electron chi connectivity index (χ2n) is 4.97. The number of ether oxygens (including phenoxy) is 1. The molecule has 1 fully saturated rings. The largest absolute Gasteiger partial charge is 0.389 e. The summed E-state index contributed by atoms with van der Waals surface area (Å²) in [5, 5.41) is 0.888. The Morgan fingerprint density at radius 2 is 1.76 bits per heavy atom. The third kappa shape index (κ3) is 6.09. The van der Waals surface area contributed by atoms with Crippen LogP contribution in [0.2, 0.25) is 0 Å². The van der Waals surface area contributed by atoms with Crippen molar-refractivity contribution in [2.45, 2.75) is 51.1 Å². The standard InChI is InChI=1S/C12H20BrF3O/c13-9-11(5-2-1-3-6-11)10-17-8-4-7-12(14,15)16/h1-10H2. The van der Waals surface area contributed by atoms with Gasteiger partial charge in [0, 0.05) is 23.8 Å². The first-order valence-electron chi connectivity index (χ1n) is 6.18. The quantitative estimate of drug-likeness (QED) is 0.510. The molecule has 17 heavy (non-hydrogen) atoms. The lowest BCUT2D eigenvalue weighted by molar-refractivity contribution is -0.138. The van der Waals surface area contributed by atoms with Crippen LogP contribution in [0.15, 0.2) is 0 Å². The van der Waals surface area contributed by atoms with Crippen LogP contribution in [0.5, 0.6) is 0 Å². The molecule has 0 aliphatic heterocycles. The van der Waals surface area contributed by atoms with Crippen LogP contribution in [0.25, 0.3) is 0 Å². The van der Waals surface area contributed by atoms with Gasteiger partial charge in [-0.25, -0.2) is 0 Å². The van der Waals surface area contributed by atoms with Crippen LogP contribution in [0.4, 0.5) is 13.2 Å². The zero-order chi connectivity index (χ0) is 12.8. The van der Waals surface area contributed by atoms with Crippen molar-refractivity contribution >= 4 is 15.9 Å². The van der Waals surface area contributed by atoms with Crippen LogP contribution in [-0.4, -0.2) is 24.7 Å². The highest BCUT2D eigenvalue weighted by Gasteiger charge is 2.31. The minimum Gasteiger partial charge on any atom is -0.381 e. The summed E-state index contributed by atoms with van der Waals surface area (Å²) in [5.74, 6) is 0. The lowest BCUT2D eigenvalue weighted by Gasteiger charge is -2.35. The van der Waals surface area contributed by atoms with E-state index < -0.39 is 12.6 Å². The Morgan fingerprint density at radius 3 is 2.29 bits per heavy atom. The number of rotatable bonds is 6. The molecule has 1 aliphatic carbocycles. The lowest BCUT2D eigenvalue weighted by atomic mass is 9.76. The van der Waals surface area contributed by atoms with Gasteiger partial charge >= 0.3 is 6.18 Å². The molecule has 1 nitrogen and oxygen atoms in total. The molecular formula is C12H20BrF3O. The Bertz CT molecular complexity index is 212. The van der Waals surface area contributed by atoms with E-state index in [4.69, 9.17) is 4.74 Å². The van der Waals surface area contributed by atoms with Gasteiger partial charge in [-0.1, -0.05) is 35.2 Å². The average molecular weight is 317 g/mol. The minimum absolute atomic E-state index is 0.0713.